The van der Waals surface area contributed by atoms with Gasteiger partial charge in [-0.05, 0) is 18.7 Å². The highest BCUT2D eigenvalue weighted by Gasteiger charge is 2.12. The van der Waals surface area contributed by atoms with E-state index in [1.807, 2.05) is 6.92 Å². The third-order valence-electron chi connectivity index (χ3n) is 2.51. The number of methoxy groups -OCH3 is 1. The third-order valence-corrected chi connectivity index (χ3v) is 2.51. The molecule has 0 aliphatic carbocycles. The maximum absolute atomic E-state index is 13.8. The Kier molecular flexibility index (Phi) is 3.94. The lowest BCUT2D eigenvalue weighted by atomic mass is 10.2. The van der Waals surface area contributed by atoms with Crippen LogP contribution in [0.15, 0.2) is 28.9 Å². The van der Waals surface area contributed by atoms with Crippen molar-refractivity contribution in [3.63, 3.8) is 0 Å². The zero-order valence-corrected chi connectivity index (χ0v) is 10.4. The lowest BCUT2D eigenvalue weighted by Gasteiger charge is -2.02. The molecule has 96 valence electrons. The molecule has 0 unspecified atom stereocenters. The van der Waals surface area contributed by atoms with E-state index in [2.05, 4.69) is 10.3 Å². The van der Waals surface area contributed by atoms with Gasteiger partial charge in [-0.1, -0.05) is 6.92 Å². The molecule has 0 radical (unpaired) electrons. The van der Waals surface area contributed by atoms with Crippen LogP contribution in [0.4, 0.5) is 4.39 Å². The minimum Gasteiger partial charge on any atom is -0.497 e. The van der Waals surface area contributed by atoms with Crippen molar-refractivity contribution in [1.82, 2.24) is 10.3 Å². The minimum atomic E-state index is -0.411. The van der Waals surface area contributed by atoms with Crippen LogP contribution in [-0.4, -0.2) is 18.6 Å². The number of nitrogens with one attached hydrogen (secondary N) is 1. The maximum Gasteiger partial charge on any atom is 0.229 e. The Labute approximate surface area is 105 Å². The largest absolute Gasteiger partial charge is 0.497 e. The van der Waals surface area contributed by atoms with Crippen LogP contribution in [-0.2, 0) is 6.54 Å². The van der Waals surface area contributed by atoms with E-state index >= 15 is 0 Å². The van der Waals surface area contributed by atoms with Crippen molar-refractivity contribution in [2.45, 2.75) is 13.5 Å². The summed E-state index contributed by atoms with van der Waals surface area (Å²) >= 11 is 0. The van der Waals surface area contributed by atoms with Crippen molar-refractivity contribution in [1.29, 1.82) is 0 Å². The van der Waals surface area contributed by atoms with E-state index in [1.54, 1.807) is 12.1 Å². The predicted octanol–water partition coefficient (Wildman–Crippen LogP) is 2.60. The molecule has 0 saturated heterocycles. The molecule has 0 fully saturated rings. The Bertz CT molecular complexity index is 525. The summed E-state index contributed by atoms with van der Waals surface area (Å²) in [5.74, 6) is 0.338. The van der Waals surface area contributed by atoms with Gasteiger partial charge < -0.3 is 14.5 Å². The Morgan fingerprint density at radius 3 is 2.94 bits per heavy atom. The fourth-order valence-electron chi connectivity index (χ4n) is 1.56. The van der Waals surface area contributed by atoms with Gasteiger partial charge >= 0.3 is 0 Å². The molecule has 0 aliphatic heterocycles. The molecular weight excluding hydrogens is 235 g/mol. The number of rotatable bonds is 5. The van der Waals surface area contributed by atoms with Gasteiger partial charge in [0.15, 0.2) is 0 Å². The van der Waals surface area contributed by atoms with Crippen molar-refractivity contribution in [2.24, 2.45) is 0 Å². The SMILES string of the molecule is CCNCc1coc(-c2ccc(OC)cc2F)n1. The van der Waals surface area contributed by atoms with E-state index in [1.165, 1.54) is 19.4 Å². The average molecular weight is 250 g/mol. The number of nitrogens with zero attached hydrogens (tertiary/aromatic N) is 1. The van der Waals surface area contributed by atoms with Gasteiger partial charge in [-0.2, -0.15) is 0 Å². The monoisotopic (exact) mass is 250 g/mol. The Hall–Kier alpha value is -1.88. The summed E-state index contributed by atoms with van der Waals surface area (Å²) in [6, 6.07) is 4.58. The first kappa shape index (κ1) is 12.6. The van der Waals surface area contributed by atoms with E-state index in [-0.39, 0.29) is 5.89 Å². The van der Waals surface area contributed by atoms with Gasteiger partial charge in [-0.15, -0.1) is 0 Å². The highest BCUT2D eigenvalue weighted by molar-refractivity contribution is 5.55. The van der Waals surface area contributed by atoms with Crippen LogP contribution >= 0.6 is 0 Å². The zero-order valence-electron chi connectivity index (χ0n) is 10.4. The molecule has 1 aromatic carbocycles. The molecule has 0 spiro atoms. The Morgan fingerprint density at radius 2 is 2.28 bits per heavy atom. The van der Waals surface area contributed by atoms with Crippen molar-refractivity contribution >= 4 is 0 Å². The van der Waals surface area contributed by atoms with Crippen molar-refractivity contribution < 1.29 is 13.5 Å². The molecule has 0 saturated carbocycles. The quantitative estimate of drug-likeness (QED) is 0.886. The summed E-state index contributed by atoms with van der Waals surface area (Å²) in [4.78, 5) is 4.22. The van der Waals surface area contributed by atoms with E-state index in [9.17, 15) is 4.39 Å². The normalized spacial score (nSPS) is 10.6. The van der Waals surface area contributed by atoms with Crippen LogP contribution in [0.3, 0.4) is 0 Å². The molecule has 1 N–H and O–H groups in total. The van der Waals surface area contributed by atoms with Crippen LogP contribution in [0.1, 0.15) is 12.6 Å². The van der Waals surface area contributed by atoms with Crippen molar-refractivity contribution in [3.8, 4) is 17.2 Å². The van der Waals surface area contributed by atoms with E-state index in [4.69, 9.17) is 9.15 Å². The molecule has 2 aromatic rings. The molecule has 4 nitrogen and oxygen atoms in total. The number of hydrogen-bond donors (Lipinski definition) is 1. The molecule has 0 atom stereocenters. The van der Waals surface area contributed by atoms with Gasteiger partial charge in [-0.25, -0.2) is 9.37 Å². The van der Waals surface area contributed by atoms with Gasteiger partial charge in [0, 0.05) is 12.6 Å². The molecule has 0 bridgehead atoms. The van der Waals surface area contributed by atoms with Crippen molar-refractivity contribution in [2.75, 3.05) is 13.7 Å². The van der Waals surface area contributed by atoms with E-state index in [0.29, 0.717) is 17.9 Å². The second-order valence-corrected chi connectivity index (χ2v) is 3.77. The first-order chi connectivity index (χ1) is 8.74. The van der Waals surface area contributed by atoms with Crippen LogP contribution < -0.4 is 10.1 Å². The number of ether oxygens (including phenoxy) is 1. The fraction of sp³-hybridized carbons (Fsp3) is 0.308. The first-order valence-electron chi connectivity index (χ1n) is 5.73. The Morgan fingerprint density at radius 1 is 1.44 bits per heavy atom. The molecule has 18 heavy (non-hydrogen) atoms. The van der Waals surface area contributed by atoms with Crippen LogP contribution in [0, 0.1) is 5.82 Å². The molecule has 5 heteroatoms. The van der Waals surface area contributed by atoms with Gasteiger partial charge in [-0.3, -0.25) is 0 Å². The molecule has 2 rings (SSSR count). The smallest absolute Gasteiger partial charge is 0.229 e. The zero-order chi connectivity index (χ0) is 13.0. The molecule has 1 heterocycles. The minimum absolute atomic E-state index is 0.281. The number of aromatic nitrogens is 1. The average Bonchev–Trinajstić information content (AvgIpc) is 2.84. The second kappa shape index (κ2) is 5.64. The summed E-state index contributed by atoms with van der Waals surface area (Å²) in [7, 11) is 1.49. The summed E-state index contributed by atoms with van der Waals surface area (Å²) in [5, 5.41) is 3.13. The number of oxazole rings is 1. The molecule has 0 aliphatic rings. The van der Waals surface area contributed by atoms with Gasteiger partial charge in [0.05, 0.1) is 18.4 Å². The van der Waals surface area contributed by atoms with Crippen LogP contribution in [0.2, 0.25) is 0 Å². The Balaban J connectivity index is 2.23. The summed E-state index contributed by atoms with van der Waals surface area (Å²) < 4.78 is 24.0. The molecule has 1 aromatic heterocycles. The lowest BCUT2D eigenvalue weighted by Crippen LogP contribution is -2.11. The summed E-state index contributed by atoms with van der Waals surface area (Å²) in [5.41, 5.74) is 1.08. The topological polar surface area (TPSA) is 47.3 Å². The number of hydrogen-bond acceptors (Lipinski definition) is 4. The first-order valence-corrected chi connectivity index (χ1v) is 5.73. The maximum atomic E-state index is 13.8. The summed E-state index contributed by atoms with van der Waals surface area (Å²) in [6.45, 7) is 3.46. The standard InChI is InChI=1S/C13H15FN2O2/c1-3-15-7-9-8-18-13(16-9)11-5-4-10(17-2)6-12(11)14/h4-6,8,15H,3,7H2,1-2H3. The second-order valence-electron chi connectivity index (χ2n) is 3.77. The van der Waals surface area contributed by atoms with Gasteiger partial charge in [0.2, 0.25) is 5.89 Å². The highest BCUT2D eigenvalue weighted by Crippen LogP contribution is 2.25. The summed E-state index contributed by atoms with van der Waals surface area (Å²) in [6.07, 6.45) is 1.53. The molecule has 0 amide bonds. The third kappa shape index (κ3) is 2.68. The number of halogens is 1. The fourth-order valence-corrected chi connectivity index (χ4v) is 1.56. The van der Waals surface area contributed by atoms with Crippen molar-refractivity contribution in [3.05, 3.63) is 36.0 Å². The molecular formula is C13H15FN2O2. The van der Waals surface area contributed by atoms with Gasteiger partial charge in [0.1, 0.15) is 17.8 Å². The lowest BCUT2D eigenvalue weighted by molar-refractivity contribution is 0.411. The van der Waals surface area contributed by atoms with Gasteiger partial charge in [0.25, 0.3) is 0 Å². The van der Waals surface area contributed by atoms with E-state index in [0.717, 1.165) is 12.2 Å². The number of benzene rings is 1. The van der Waals surface area contributed by atoms with Crippen LogP contribution in [0.5, 0.6) is 5.75 Å². The highest BCUT2D eigenvalue weighted by atomic mass is 19.1. The predicted molar refractivity (Wildman–Crippen MR) is 65.8 cm³/mol. The van der Waals surface area contributed by atoms with Crippen LogP contribution in [0.25, 0.3) is 11.5 Å². The van der Waals surface area contributed by atoms with E-state index < -0.39 is 5.82 Å².